The number of carbonyl (C=O) groups is 1. The number of likely N-dealkylation sites (tertiary alicyclic amines) is 1. The van der Waals surface area contributed by atoms with Crippen molar-refractivity contribution in [2.45, 2.75) is 40.0 Å². The van der Waals surface area contributed by atoms with Crippen molar-refractivity contribution < 1.29 is 4.79 Å². The topological polar surface area (TPSA) is 20.3 Å². The number of halogens is 1. The summed E-state index contributed by atoms with van der Waals surface area (Å²) in [6.45, 7) is 10.2. The Morgan fingerprint density at radius 3 is 2.43 bits per heavy atom. The predicted octanol–water partition coefficient (Wildman–Crippen LogP) is 4.78. The summed E-state index contributed by atoms with van der Waals surface area (Å²) in [5.41, 5.74) is 1.22. The van der Waals surface area contributed by atoms with Gasteiger partial charge in [0.15, 0.2) is 5.78 Å². The number of ketones is 1. The number of hydrogen-bond acceptors (Lipinski definition) is 2. The van der Waals surface area contributed by atoms with Crippen LogP contribution in [0, 0.1) is 11.3 Å². The molecule has 0 aliphatic carbocycles. The fourth-order valence-corrected chi connectivity index (χ4v) is 3.61. The first-order valence-corrected chi connectivity index (χ1v) is 8.67. The van der Waals surface area contributed by atoms with E-state index in [4.69, 9.17) is 0 Å². The molecule has 0 bridgehead atoms. The number of Topliss-reactive ketones (excluding diaryl/α,β-unsaturated/α-hetero) is 1. The highest BCUT2D eigenvalue weighted by Gasteiger charge is 2.28. The van der Waals surface area contributed by atoms with Gasteiger partial charge in [0.1, 0.15) is 0 Å². The van der Waals surface area contributed by atoms with Crippen molar-refractivity contribution in [3.63, 3.8) is 0 Å². The summed E-state index contributed by atoms with van der Waals surface area (Å²) in [6.07, 6.45) is 3.13. The third kappa shape index (κ3) is 4.65. The molecule has 0 unspecified atom stereocenters. The third-order valence-electron chi connectivity index (χ3n) is 4.64. The predicted molar refractivity (Wildman–Crippen MR) is 91.7 cm³/mol. The number of piperidine rings is 1. The fraction of sp³-hybridized carbons (Fsp3) is 0.611. The van der Waals surface area contributed by atoms with E-state index in [-0.39, 0.29) is 5.78 Å². The van der Waals surface area contributed by atoms with E-state index in [2.05, 4.69) is 41.6 Å². The fourth-order valence-electron chi connectivity index (χ4n) is 3.10. The second kappa shape index (κ2) is 7.06. The van der Waals surface area contributed by atoms with Crippen molar-refractivity contribution in [3.8, 4) is 0 Å². The Bertz CT molecular complexity index is 484. The van der Waals surface area contributed by atoms with E-state index in [0.717, 1.165) is 35.6 Å². The van der Waals surface area contributed by atoms with Crippen LogP contribution in [0.15, 0.2) is 28.7 Å². The van der Waals surface area contributed by atoms with Gasteiger partial charge in [-0.05, 0) is 43.3 Å². The van der Waals surface area contributed by atoms with E-state index >= 15 is 0 Å². The number of rotatable bonds is 4. The zero-order valence-electron chi connectivity index (χ0n) is 13.4. The SMILES string of the molecule is CC(C)(C)C1CCN(CCC(=O)c2ccccc2Br)CC1. The maximum atomic E-state index is 12.3. The number of nitrogens with zero attached hydrogens (tertiary/aromatic N) is 1. The molecule has 3 heteroatoms. The molecule has 0 spiro atoms. The molecule has 2 rings (SSSR count). The van der Waals surface area contributed by atoms with Crippen LogP contribution in [-0.4, -0.2) is 30.3 Å². The largest absolute Gasteiger partial charge is 0.303 e. The van der Waals surface area contributed by atoms with Crippen LogP contribution in [0.3, 0.4) is 0 Å². The van der Waals surface area contributed by atoms with Crippen LogP contribution in [-0.2, 0) is 0 Å². The number of hydrogen-bond donors (Lipinski definition) is 0. The Kier molecular flexibility index (Phi) is 5.61. The lowest BCUT2D eigenvalue weighted by atomic mass is 9.75. The summed E-state index contributed by atoms with van der Waals surface area (Å²) in [7, 11) is 0. The Labute approximate surface area is 137 Å². The molecule has 0 atom stereocenters. The second-order valence-electron chi connectivity index (χ2n) is 7.13. The third-order valence-corrected chi connectivity index (χ3v) is 5.33. The Morgan fingerprint density at radius 1 is 1.24 bits per heavy atom. The summed E-state index contributed by atoms with van der Waals surface area (Å²) in [6, 6.07) is 7.70. The van der Waals surface area contributed by atoms with E-state index in [1.165, 1.54) is 12.8 Å². The molecule has 21 heavy (non-hydrogen) atoms. The first-order valence-electron chi connectivity index (χ1n) is 7.88. The van der Waals surface area contributed by atoms with E-state index in [9.17, 15) is 4.79 Å². The van der Waals surface area contributed by atoms with Crippen molar-refractivity contribution in [2.24, 2.45) is 11.3 Å². The van der Waals surface area contributed by atoms with Crippen molar-refractivity contribution in [1.29, 1.82) is 0 Å². The van der Waals surface area contributed by atoms with Crippen LogP contribution in [0.5, 0.6) is 0 Å². The summed E-state index contributed by atoms with van der Waals surface area (Å²) in [4.78, 5) is 14.7. The Hall–Kier alpha value is -0.670. The molecular formula is C18H26BrNO. The minimum absolute atomic E-state index is 0.236. The molecule has 1 heterocycles. The molecular weight excluding hydrogens is 326 g/mol. The molecule has 0 radical (unpaired) electrons. The molecule has 0 amide bonds. The molecule has 1 aromatic rings. The molecule has 0 N–H and O–H groups in total. The molecule has 1 saturated heterocycles. The van der Waals surface area contributed by atoms with Gasteiger partial charge in [-0.1, -0.05) is 54.9 Å². The highest BCUT2D eigenvalue weighted by Crippen LogP contribution is 2.34. The zero-order chi connectivity index (χ0) is 15.5. The Balaban J connectivity index is 1.80. The molecule has 1 aliphatic heterocycles. The monoisotopic (exact) mass is 351 g/mol. The van der Waals surface area contributed by atoms with Gasteiger partial charge in [0, 0.05) is 23.0 Å². The zero-order valence-corrected chi connectivity index (χ0v) is 14.9. The van der Waals surface area contributed by atoms with Crippen LogP contribution in [0.25, 0.3) is 0 Å². The molecule has 1 aliphatic rings. The lowest BCUT2D eigenvalue weighted by Crippen LogP contribution is -2.38. The normalized spacial score (nSPS) is 17.9. The summed E-state index contributed by atoms with van der Waals surface area (Å²) in [5.74, 6) is 1.05. The van der Waals surface area contributed by atoms with E-state index in [1.54, 1.807) is 0 Å². The lowest BCUT2D eigenvalue weighted by Gasteiger charge is -2.38. The summed E-state index contributed by atoms with van der Waals surface area (Å²) < 4.78 is 0.904. The lowest BCUT2D eigenvalue weighted by molar-refractivity contribution is 0.0901. The summed E-state index contributed by atoms with van der Waals surface area (Å²) >= 11 is 3.46. The molecule has 2 nitrogen and oxygen atoms in total. The average Bonchev–Trinajstić information content (AvgIpc) is 2.45. The maximum Gasteiger partial charge on any atom is 0.165 e. The van der Waals surface area contributed by atoms with Crippen LogP contribution in [0.1, 0.15) is 50.4 Å². The van der Waals surface area contributed by atoms with Gasteiger partial charge in [-0.2, -0.15) is 0 Å². The van der Waals surface area contributed by atoms with Crippen molar-refractivity contribution in [1.82, 2.24) is 4.90 Å². The first-order chi connectivity index (χ1) is 9.88. The molecule has 116 valence electrons. The standard InChI is InChI=1S/C18H26BrNO/c1-18(2,3)14-8-11-20(12-9-14)13-10-17(21)15-6-4-5-7-16(15)19/h4-7,14H,8-13H2,1-3H3. The van der Waals surface area contributed by atoms with Crippen LogP contribution in [0.4, 0.5) is 0 Å². The quantitative estimate of drug-likeness (QED) is 0.727. The highest BCUT2D eigenvalue weighted by molar-refractivity contribution is 9.10. The Morgan fingerprint density at radius 2 is 1.86 bits per heavy atom. The average molecular weight is 352 g/mol. The van der Waals surface area contributed by atoms with Gasteiger partial charge < -0.3 is 4.90 Å². The second-order valence-corrected chi connectivity index (χ2v) is 7.99. The van der Waals surface area contributed by atoms with Crippen LogP contribution >= 0.6 is 15.9 Å². The van der Waals surface area contributed by atoms with E-state index in [1.807, 2.05) is 24.3 Å². The summed E-state index contributed by atoms with van der Waals surface area (Å²) in [5, 5.41) is 0. The minimum Gasteiger partial charge on any atom is -0.303 e. The van der Waals surface area contributed by atoms with E-state index < -0.39 is 0 Å². The molecule has 1 aromatic carbocycles. The maximum absolute atomic E-state index is 12.3. The van der Waals surface area contributed by atoms with Crippen molar-refractivity contribution in [2.75, 3.05) is 19.6 Å². The van der Waals surface area contributed by atoms with Crippen molar-refractivity contribution >= 4 is 21.7 Å². The number of carbonyl (C=O) groups excluding carboxylic acids is 1. The van der Waals surface area contributed by atoms with Crippen LogP contribution < -0.4 is 0 Å². The highest BCUT2D eigenvalue weighted by atomic mass is 79.9. The minimum atomic E-state index is 0.236. The van der Waals surface area contributed by atoms with Crippen molar-refractivity contribution in [3.05, 3.63) is 34.3 Å². The van der Waals surface area contributed by atoms with Gasteiger partial charge in [0.25, 0.3) is 0 Å². The van der Waals surface area contributed by atoms with Gasteiger partial charge >= 0.3 is 0 Å². The molecule has 0 saturated carbocycles. The van der Waals surface area contributed by atoms with Gasteiger partial charge in [0.05, 0.1) is 0 Å². The van der Waals surface area contributed by atoms with Crippen LogP contribution in [0.2, 0.25) is 0 Å². The molecule has 0 aromatic heterocycles. The number of benzene rings is 1. The van der Waals surface area contributed by atoms with Gasteiger partial charge in [-0.3, -0.25) is 4.79 Å². The first kappa shape index (κ1) is 16.7. The smallest absolute Gasteiger partial charge is 0.165 e. The van der Waals surface area contributed by atoms with Gasteiger partial charge in [-0.15, -0.1) is 0 Å². The molecule has 1 fully saturated rings. The van der Waals surface area contributed by atoms with E-state index in [0.29, 0.717) is 11.8 Å². The van der Waals surface area contributed by atoms with Gasteiger partial charge in [-0.25, -0.2) is 0 Å². The van der Waals surface area contributed by atoms with Gasteiger partial charge in [0.2, 0.25) is 0 Å².